The van der Waals surface area contributed by atoms with E-state index in [4.69, 9.17) is 4.98 Å². The highest BCUT2D eigenvalue weighted by molar-refractivity contribution is 5.43. The molecule has 1 aromatic heterocycles. The molecular formula is C24H39N3. The van der Waals surface area contributed by atoms with Gasteiger partial charge in [0.05, 0.1) is 11.7 Å². The Labute approximate surface area is 167 Å². The molecular weight excluding hydrogens is 330 g/mol. The average molecular weight is 370 g/mol. The molecule has 1 aromatic carbocycles. The third-order valence-corrected chi connectivity index (χ3v) is 4.83. The Kier molecular flexibility index (Phi) is 10.9. The Bertz CT molecular complexity index is 660. The van der Waals surface area contributed by atoms with Gasteiger partial charge in [-0.1, -0.05) is 57.5 Å². The second-order valence-corrected chi connectivity index (χ2v) is 6.69. The number of nitrogens with two attached hydrogens (primary N) is 1. The van der Waals surface area contributed by atoms with Gasteiger partial charge in [-0.3, -0.25) is 9.88 Å². The number of aryl methyl sites for hydroxylation is 3. The Hall–Kier alpha value is -1.71. The standard InChI is InChI=1S/C21H28N2.C2H6.CH5N/c1-4-13-23(14-5-2)21-19-11-8-16(3)15-18(19)10-9-17-7-6-12-22-20(17)21;2*1-2/h6-8,11-12,15,21H,4-5,9-10,13-14H2,1-3H3;1-2H3;2H2,1H3. The van der Waals surface area contributed by atoms with Gasteiger partial charge in [-0.15, -0.1) is 0 Å². The van der Waals surface area contributed by atoms with Crippen LogP contribution in [-0.4, -0.2) is 30.0 Å². The molecule has 1 aliphatic rings. The molecule has 2 N–H and O–H groups in total. The van der Waals surface area contributed by atoms with Crippen LogP contribution in [-0.2, 0) is 12.8 Å². The van der Waals surface area contributed by atoms with Crippen molar-refractivity contribution in [2.75, 3.05) is 20.1 Å². The molecule has 1 unspecified atom stereocenters. The first-order chi connectivity index (χ1) is 13.2. The zero-order valence-electron chi connectivity index (χ0n) is 18.3. The van der Waals surface area contributed by atoms with Gasteiger partial charge in [0.2, 0.25) is 0 Å². The molecule has 1 atom stereocenters. The number of rotatable bonds is 5. The fourth-order valence-electron chi connectivity index (χ4n) is 3.86. The summed E-state index contributed by atoms with van der Waals surface area (Å²) in [5, 5.41) is 0. The van der Waals surface area contributed by atoms with Crippen LogP contribution in [0.2, 0.25) is 0 Å². The van der Waals surface area contributed by atoms with Crippen molar-refractivity contribution in [3.8, 4) is 0 Å². The summed E-state index contributed by atoms with van der Waals surface area (Å²) in [5.41, 5.74) is 11.5. The van der Waals surface area contributed by atoms with E-state index >= 15 is 0 Å². The molecule has 0 aliphatic heterocycles. The molecule has 0 spiro atoms. The number of fused-ring (bicyclic) bond motifs is 2. The molecule has 0 radical (unpaired) electrons. The molecule has 0 fully saturated rings. The van der Waals surface area contributed by atoms with Crippen LogP contribution in [0.3, 0.4) is 0 Å². The van der Waals surface area contributed by atoms with E-state index in [1.54, 1.807) is 0 Å². The largest absolute Gasteiger partial charge is 0.333 e. The summed E-state index contributed by atoms with van der Waals surface area (Å²) < 4.78 is 0. The molecule has 0 amide bonds. The first kappa shape index (κ1) is 23.3. The lowest BCUT2D eigenvalue weighted by atomic mass is 9.95. The zero-order chi connectivity index (χ0) is 20.2. The summed E-state index contributed by atoms with van der Waals surface area (Å²) in [6.45, 7) is 13.0. The maximum atomic E-state index is 4.83. The number of benzene rings is 1. The van der Waals surface area contributed by atoms with Gasteiger partial charge in [-0.25, -0.2) is 0 Å². The molecule has 150 valence electrons. The van der Waals surface area contributed by atoms with Crippen molar-refractivity contribution in [3.63, 3.8) is 0 Å². The van der Waals surface area contributed by atoms with Crippen LogP contribution in [0.4, 0.5) is 0 Å². The molecule has 0 bridgehead atoms. The van der Waals surface area contributed by atoms with E-state index < -0.39 is 0 Å². The molecule has 1 aliphatic carbocycles. The second-order valence-electron chi connectivity index (χ2n) is 6.69. The Morgan fingerprint density at radius 2 is 1.63 bits per heavy atom. The highest BCUT2D eigenvalue weighted by atomic mass is 15.2. The fourth-order valence-corrected chi connectivity index (χ4v) is 3.86. The highest BCUT2D eigenvalue weighted by Crippen LogP contribution is 2.36. The van der Waals surface area contributed by atoms with Crippen LogP contribution in [0.15, 0.2) is 36.5 Å². The van der Waals surface area contributed by atoms with Gasteiger partial charge in [0.15, 0.2) is 0 Å². The van der Waals surface area contributed by atoms with Crippen LogP contribution < -0.4 is 5.73 Å². The van der Waals surface area contributed by atoms with Gasteiger partial charge >= 0.3 is 0 Å². The van der Waals surface area contributed by atoms with Gasteiger partial charge in [0, 0.05) is 6.20 Å². The first-order valence-corrected chi connectivity index (χ1v) is 10.6. The smallest absolute Gasteiger partial charge is 0.0781 e. The predicted molar refractivity (Wildman–Crippen MR) is 118 cm³/mol. The Morgan fingerprint density at radius 1 is 1.00 bits per heavy atom. The zero-order valence-corrected chi connectivity index (χ0v) is 18.3. The van der Waals surface area contributed by atoms with Crippen LogP contribution in [0.25, 0.3) is 0 Å². The van der Waals surface area contributed by atoms with Crippen molar-refractivity contribution in [1.29, 1.82) is 0 Å². The minimum atomic E-state index is 0.309. The summed E-state index contributed by atoms with van der Waals surface area (Å²) in [6.07, 6.45) is 6.54. The lowest BCUT2D eigenvalue weighted by molar-refractivity contribution is 0.222. The number of hydrogen-bond donors (Lipinski definition) is 1. The average Bonchev–Trinajstić information content (AvgIpc) is 2.87. The van der Waals surface area contributed by atoms with Gasteiger partial charge in [-0.2, -0.15) is 0 Å². The van der Waals surface area contributed by atoms with E-state index in [1.165, 1.54) is 47.8 Å². The lowest BCUT2D eigenvalue weighted by Crippen LogP contribution is -2.32. The quantitative estimate of drug-likeness (QED) is 0.777. The van der Waals surface area contributed by atoms with Crippen LogP contribution in [0, 0.1) is 6.92 Å². The lowest BCUT2D eigenvalue weighted by Gasteiger charge is -2.32. The monoisotopic (exact) mass is 369 g/mol. The van der Waals surface area contributed by atoms with Crippen molar-refractivity contribution in [2.45, 2.75) is 66.3 Å². The van der Waals surface area contributed by atoms with E-state index in [2.05, 4.69) is 61.7 Å². The molecule has 27 heavy (non-hydrogen) atoms. The number of pyridine rings is 1. The predicted octanol–water partition coefficient (Wildman–Crippen LogP) is 5.30. The Balaban J connectivity index is 0.000000855. The van der Waals surface area contributed by atoms with Crippen LogP contribution in [0.5, 0.6) is 0 Å². The Morgan fingerprint density at radius 3 is 2.26 bits per heavy atom. The molecule has 0 saturated carbocycles. The minimum absolute atomic E-state index is 0.309. The summed E-state index contributed by atoms with van der Waals surface area (Å²) in [4.78, 5) is 7.46. The van der Waals surface area contributed by atoms with Crippen molar-refractivity contribution in [3.05, 3.63) is 64.5 Å². The minimum Gasteiger partial charge on any atom is -0.333 e. The topological polar surface area (TPSA) is 42.2 Å². The normalized spacial score (nSPS) is 14.7. The van der Waals surface area contributed by atoms with E-state index in [0.717, 1.165) is 25.9 Å². The van der Waals surface area contributed by atoms with E-state index in [-0.39, 0.29) is 0 Å². The second kappa shape index (κ2) is 12.6. The van der Waals surface area contributed by atoms with Crippen LogP contribution >= 0.6 is 0 Å². The third-order valence-electron chi connectivity index (χ3n) is 4.83. The number of aromatic nitrogens is 1. The SMILES string of the molecule is CC.CCCN(CCC)C1c2ccc(C)cc2CCc2cccnc21.CN. The van der Waals surface area contributed by atoms with Crippen LogP contribution in [0.1, 0.15) is 74.5 Å². The molecule has 3 heteroatoms. The van der Waals surface area contributed by atoms with Crippen molar-refractivity contribution in [2.24, 2.45) is 5.73 Å². The molecule has 2 aromatic rings. The van der Waals surface area contributed by atoms with Gasteiger partial charge in [0.1, 0.15) is 0 Å². The van der Waals surface area contributed by atoms with Gasteiger partial charge in [0.25, 0.3) is 0 Å². The first-order valence-electron chi connectivity index (χ1n) is 10.6. The van der Waals surface area contributed by atoms with Crippen molar-refractivity contribution < 1.29 is 0 Å². The van der Waals surface area contributed by atoms with Crippen molar-refractivity contribution in [1.82, 2.24) is 9.88 Å². The summed E-state index contributed by atoms with van der Waals surface area (Å²) in [7, 11) is 1.50. The van der Waals surface area contributed by atoms with Gasteiger partial charge < -0.3 is 5.73 Å². The van der Waals surface area contributed by atoms with E-state index in [0.29, 0.717) is 6.04 Å². The summed E-state index contributed by atoms with van der Waals surface area (Å²) in [5.74, 6) is 0. The molecule has 0 saturated heterocycles. The number of nitrogens with zero attached hydrogens (tertiary/aromatic N) is 2. The van der Waals surface area contributed by atoms with E-state index in [9.17, 15) is 0 Å². The fraction of sp³-hybridized carbons (Fsp3) is 0.542. The summed E-state index contributed by atoms with van der Waals surface area (Å²) in [6, 6.07) is 11.6. The molecule has 3 rings (SSSR count). The maximum Gasteiger partial charge on any atom is 0.0781 e. The molecule has 1 heterocycles. The maximum absolute atomic E-state index is 4.83. The van der Waals surface area contributed by atoms with Crippen molar-refractivity contribution >= 4 is 0 Å². The highest BCUT2D eigenvalue weighted by Gasteiger charge is 2.29. The van der Waals surface area contributed by atoms with E-state index in [1.807, 2.05) is 20.0 Å². The molecule has 3 nitrogen and oxygen atoms in total. The third kappa shape index (κ3) is 5.88. The van der Waals surface area contributed by atoms with Gasteiger partial charge in [-0.05, 0) is 75.5 Å². The number of hydrogen-bond acceptors (Lipinski definition) is 3. The summed E-state index contributed by atoms with van der Waals surface area (Å²) >= 11 is 0.